The lowest BCUT2D eigenvalue weighted by Crippen LogP contribution is -2.40. The van der Waals surface area contributed by atoms with Crippen molar-refractivity contribution in [2.24, 2.45) is 5.92 Å². The van der Waals surface area contributed by atoms with Crippen LogP contribution in [0, 0.1) is 17.2 Å². The molecule has 11 heteroatoms. The molecule has 8 nitrogen and oxygen atoms in total. The van der Waals surface area contributed by atoms with Gasteiger partial charge >= 0.3 is 6.18 Å². The fourth-order valence-electron chi connectivity index (χ4n) is 4.28. The van der Waals surface area contributed by atoms with Crippen LogP contribution in [-0.4, -0.2) is 40.4 Å². The first-order valence-electron chi connectivity index (χ1n) is 11.8. The molecule has 1 aliphatic rings. The van der Waals surface area contributed by atoms with Crippen molar-refractivity contribution in [3.8, 4) is 28.7 Å². The summed E-state index contributed by atoms with van der Waals surface area (Å²) in [6.45, 7) is 4.77. The van der Waals surface area contributed by atoms with Gasteiger partial charge in [-0.3, -0.25) is 4.79 Å². The number of nitrogens with zero attached hydrogens (tertiary/aromatic N) is 4. The number of rotatable bonds is 7. The zero-order chi connectivity index (χ0) is 27.3. The third kappa shape index (κ3) is 6.03. The van der Waals surface area contributed by atoms with Gasteiger partial charge in [-0.05, 0) is 49.1 Å². The first-order valence-corrected chi connectivity index (χ1v) is 11.8. The van der Waals surface area contributed by atoms with Gasteiger partial charge in [-0.15, -0.1) is 0 Å². The normalized spacial score (nSPS) is 14.0. The lowest BCUT2D eigenvalue weighted by Gasteiger charge is -2.32. The van der Waals surface area contributed by atoms with Gasteiger partial charge in [-0.1, -0.05) is 24.8 Å². The highest BCUT2D eigenvalue weighted by Crippen LogP contribution is 2.43. The number of para-hydroxylation sites is 1. The molecule has 2 aromatic carbocycles. The Morgan fingerprint density at radius 3 is 2.53 bits per heavy atom. The van der Waals surface area contributed by atoms with Crippen LogP contribution in [-0.2, 0) is 11.0 Å². The molecule has 3 N–H and O–H groups in total. The van der Waals surface area contributed by atoms with Gasteiger partial charge in [0, 0.05) is 25.2 Å². The number of anilines is 2. The number of piperidine rings is 1. The molecule has 0 bridgehead atoms. The predicted octanol–water partition coefficient (Wildman–Crippen LogP) is 5.27. The number of alkyl halides is 3. The van der Waals surface area contributed by atoms with E-state index >= 15 is 0 Å². The number of likely N-dealkylation sites (tertiary alicyclic amines) is 1. The number of hydrogen-bond donors (Lipinski definition) is 2. The molecule has 0 unspecified atom stereocenters. The minimum Gasteiger partial charge on any atom is -0.457 e. The van der Waals surface area contributed by atoms with Crippen LogP contribution in [0.3, 0.4) is 0 Å². The highest BCUT2D eigenvalue weighted by molar-refractivity contribution is 5.96. The molecule has 3 aromatic rings. The number of carbonyl (C=O) groups is 1. The summed E-state index contributed by atoms with van der Waals surface area (Å²) in [5.74, 6) is 0.253. The monoisotopic (exact) mass is 522 g/mol. The topological polar surface area (TPSA) is 117 Å². The molecule has 0 saturated carbocycles. The maximum Gasteiger partial charge on any atom is 0.417 e. The zero-order valence-corrected chi connectivity index (χ0v) is 20.3. The lowest BCUT2D eigenvalue weighted by molar-refractivity contribution is -0.137. The SMILES string of the molecule is C=C(C#N)C(=O)N1CCC(CNc2ncnc(N)c2-c2ccc(Oc3ccccc3)cc2C(F)(F)F)CC1. The van der Waals surface area contributed by atoms with Crippen LogP contribution in [0.5, 0.6) is 11.5 Å². The van der Waals surface area contributed by atoms with Crippen LogP contribution in [0.15, 0.2) is 67.0 Å². The van der Waals surface area contributed by atoms with E-state index in [1.807, 2.05) is 0 Å². The van der Waals surface area contributed by atoms with Crippen molar-refractivity contribution in [2.75, 3.05) is 30.7 Å². The van der Waals surface area contributed by atoms with Gasteiger partial charge in [0.15, 0.2) is 0 Å². The molecule has 0 radical (unpaired) electrons. The Labute approximate surface area is 217 Å². The largest absolute Gasteiger partial charge is 0.457 e. The molecular weight excluding hydrogens is 497 g/mol. The number of nitriles is 1. The molecule has 1 fully saturated rings. The van der Waals surface area contributed by atoms with E-state index in [0.29, 0.717) is 38.2 Å². The van der Waals surface area contributed by atoms with Crippen molar-refractivity contribution >= 4 is 17.5 Å². The molecule has 1 saturated heterocycles. The molecule has 1 aromatic heterocycles. The minimum atomic E-state index is -4.70. The summed E-state index contributed by atoms with van der Waals surface area (Å²) < 4.78 is 48.1. The second-order valence-electron chi connectivity index (χ2n) is 8.81. The fraction of sp³-hybridized carbons (Fsp3) is 0.259. The number of hydrogen-bond acceptors (Lipinski definition) is 7. The van der Waals surface area contributed by atoms with Gasteiger partial charge < -0.3 is 20.7 Å². The molecule has 1 amide bonds. The highest BCUT2D eigenvalue weighted by atomic mass is 19.4. The Hall–Kier alpha value is -4.59. The van der Waals surface area contributed by atoms with E-state index in [0.717, 1.165) is 6.07 Å². The van der Waals surface area contributed by atoms with Gasteiger partial charge in [-0.25, -0.2) is 9.97 Å². The Morgan fingerprint density at radius 1 is 1.16 bits per heavy atom. The Kier molecular flexibility index (Phi) is 7.81. The minimum absolute atomic E-state index is 0.0255. The quantitative estimate of drug-likeness (QED) is 0.321. The molecule has 38 heavy (non-hydrogen) atoms. The van der Waals surface area contributed by atoms with Gasteiger partial charge in [-0.2, -0.15) is 18.4 Å². The van der Waals surface area contributed by atoms with Crippen molar-refractivity contribution in [2.45, 2.75) is 19.0 Å². The number of nitrogens with one attached hydrogen (secondary N) is 1. The van der Waals surface area contributed by atoms with E-state index < -0.39 is 11.7 Å². The molecular formula is C27H25F3N6O2. The van der Waals surface area contributed by atoms with Crippen LogP contribution in [0.1, 0.15) is 18.4 Å². The van der Waals surface area contributed by atoms with E-state index in [4.69, 9.17) is 15.7 Å². The van der Waals surface area contributed by atoms with Crippen molar-refractivity contribution in [1.29, 1.82) is 5.26 Å². The van der Waals surface area contributed by atoms with Crippen LogP contribution >= 0.6 is 0 Å². The number of ether oxygens (including phenoxy) is 1. The second-order valence-corrected chi connectivity index (χ2v) is 8.81. The molecule has 1 aliphatic heterocycles. The van der Waals surface area contributed by atoms with E-state index in [-0.39, 0.29) is 45.9 Å². The second kappa shape index (κ2) is 11.2. The maximum atomic E-state index is 14.2. The summed E-state index contributed by atoms with van der Waals surface area (Å²) in [4.78, 5) is 21.8. The molecule has 0 atom stereocenters. The van der Waals surface area contributed by atoms with Crippen molar-refractivity contribution in [1.82, 2.24) is 14.9 Å². The lowest BCUT2D eigenvalue weighted by atomic mass is 9.95. The summed E-state index contributed by atoms with van der Waals surface area (Å²) in [5.41, 5.74) is 4.90. The number of amides is 1. The molecule has 0 spiro atoms. The molecule has 196 valence electrons. The summed E-state index contributed by atoms with van der Waals surface area (Å²) in [7, 11) is 0. The van der Waals surface area contributed by atoms with Gasteiger partial charge in [0.05, 0.1) is 11.1 Å². The summed E-state index contributed by atoms with van der Waals surface area (Å²) in [5, 5.41) is 12.0. The first-order chi connectivity index (χ1) is 18.2. The molecule has 0 aliphatic carbocycles. The standard InChI is InChI=1S/C27H25F3N6O2/c1-17(14-31)26(37)36-11-9-18(10-12-36)15-33-25-23(24(32)34-16-35-25)21-8-7-20(13-22(21)27(28,29)30)38-19-5-3-2-4-6-19/h2-8,13,16,18H,1,9-12,15H2,(H3,32,33,34,35). The number of nitrogens with two attached hydrogens (primary N) is 1. The number of halogens is 3. The van der Waals surface area contributed by atoms with Crippen molar-refractivity contribution in [3.05, 3.63) is 72.6 Å². The van der Waals surface area contributed by atoms with Crippen molar-refractivity contribution < 1.29 is 22.7 Å². The van der Waals surface area contributed by atoms with Gasteiger partial charge in [0.2, 0.25) is 0 Å². The van der Waals surface area contributed by atoms with Crippen LogP contribution in [0.2, 0.25) is 0 Å². The number of aromatic nitrogens is 2. The summed E-state index contributed by atoms with van der Waals surface area (Å²) in [6, 6.07) is 13.9. The predicted molar refractivity (Wildman–Crippen MR) is 136 cm³/mol. The van der Waals surface area contributed by atoms with Gasteiger partial charge in [0.1, 0.15) is 41.1 Å². The van der Waals surface area contributed by atoms with Crippen LogP contribution in [0.4, 0.5) is 24.8 Å². The third-order valence-electron chi connectivity index (χ3n) is 6.27. The Bertz CT molecular complexity index is 1360. The smallest absolute Gasteiger partial charge is 0.417 e. The Morgan fingerprint density at radius 2 is 1.87 bits per heavy atom. The average Bonchev–Trinajstić information content (AvgIpc) is 2.91. The zero-order valence-electron chi connectivity index (χ0n) is 20.3. The number of carbonyl (C=O) groups excluding carboxylic acids is 1. The van der Waals surface area contributed by atoms with E-state index in [1.54, 1.807) is 41.3 Å². The van der Waals surface area contributed by atoms with Gasteiger partial charge in [0.25, 0.3) is 5.91 Å². The summed E-state index contributed by atoms with van der Waals surface area (Å²) in [6.07, 6.45) is -2.22. The first kappa shape index (κ1) is 26.5. The highest BCUT2D eigenvalue weighted by Gasteiger charge is 2.36. The van der Waals surface area contributed by atoms with Crippen LogP contribution in [0.25, 0.3) is 11.1 Å². The van der Waals surface area contributed by atoms with E-state index in [9.17, 15) is 18.0 Å². The van der Waals surface area contributed by atoms with E-state index in [1.165, 1.54) is 18.5 Å². The fourth-order valence-corrected chi connectivity index (χ4v) is 4.28. The Balaban J connectivity index is 1.55. The van der Waals surface area contributed by atoms with E-state index in [2.05, 4.69) is 21.9 Å². The van der Waals surface area contributed by atoms with Crippen LogP contribution < -0.4 is 15.8 Å². The number of benzene rings is 2. The van der Waals surface area contributed by atoms with Crippen molar-refractivity contribution in [3.63, 3.8) is 0 Å². The average molecular weight is 523 g/mol. The third-order valence-corrected chi connectivity index (χ3v) is 6.27. The molecule has 2 heterocycles. The number of nitrogen functional groups attached to an aromatic ring is 1. The molecule has 4 rings (SSSR count). The summed E-state index contributed by atoms with van der Waals surface area (Å²) >= 11 is 0. The maximum absolute atomic E-state index is 14.2.